The molecule has 0 spiro atoms. The minimum Gasteiger partial charge on any atom is -0.280 e. The van der Waals surface area contributed by atoms with Gasteiger partial charge in [0.1, 0.15) is 0 Å². The van der Waals surface area contributed by atoms with Crippen LogP contribution in [0.15, 0.2) is 41.4 Å². The van der Waals surface area contributed by atoms with Gasteiger partial charge in [-0.15, -0.1) is 0 Å². The molecule has 1 aliphatic rings. The van der Waals surface area contributed by atoms with Crippen LogP contribution >= 0.6 is 0 Å². The van der Waals surface area contributed by atoms with Gasteiger partial charge >= 0.3 is 0 Å². The fraction of sp³-hybridized carbons (Fsp3) is 0.267. The Kier molecular flexibility index (Phi) is 3.35. The van der Waals surface area contributed by atoms with Gasteiger partial charge in [-0.05, 0) is 30.5 Å². The third-order valence-electron chi connectivity index (χ3n) is 2.70. The molecule has 16 heavy (non-hydrogen) atoms. The average molecular weight is 211 g/mol. The SMILES string of the molecule is C/C=C\c1ccc2c(c1)=NCC=2/C=C/CC. The Morgan fingerprint density at radius 1 is 1.31 bits per heavy atom. The number of hydrogen-bond acceptors (Lipinski definition) is 1. The van der Waals surface area contributed by atoms with Gasteiger partial charge in [0, 0.05) is 5.22 Å². The summed E-state index contributed by atoms with van der Waals surface area (Å²) in [6.45, 7) is 5.01. The number of hydrogen-bond donors (Lipinski definition) is 0. The van der Waals surface area contributed by atoms with E-state index in [1.807, 2.05) is 6.92 Å². The van der Waals surface area contributed by atoms with E-state index < -0.39 is 0 Å². The zero-order valence-corrected chi connectivity index (χ0v) is 9.90. The quantitative estimate of drug-likeness (QED) is 0.728. The molecule has 82 valence electrons. The topological polar surface area (TPSA) is 12.4 Å². The summed E-state index contributed by atoms with van der Waals surface area (Å²) < 4.78 is 0. The maximum atomic E-state index is 4.55. The second-order valence-corrected chi connectivity index (χ2v) is 3.93. The molecular formula is C15H17N. The van der Waals surface area contributed by atoms with Gasteiger partial charge in [-0.3, -0.25) is 4.99 Å². The van der Waals surface area contributed by atoms with Gasteiger partial charge in [-0.25, -0.2) is 0 Å². The van der Waals surface area contributed by atoms with Crippen LogP contribution in [0.25, 0.3) is 11.6 Å². The second kappa shape index (κ2) is 4.93. The fourth-order valence-electron chi connectivity index (χ4n) is 1.91. The van der Waals surface area contributed by atoms with Crippen LogP contribution in [-0.4, -0.2) is 6.54 Å². The molecule has 1 nitrogen and oxygen atoms in total. The monoisotopic (exact) mass is 211 g/mol. The van der Waals surface area contributed by atoms with E-state index in [4.69, 9.17) is 0 Å². The Hall–Kier alpha value is -1.63. The van der Waals surface area contributed by atoms with Crippen LogP contribution in [0, 0.1) is 0 Å². The first-order valence-corrected chi connectivity index (χ1v) is 5.82. The molecule has 1 aromatic carbocycles. The molecule has 0 aromatic heterocycles. The van der Waals surface area contributed by atoms with Gasteiger partial charge < -0.3 is 0 Å². The Morgan fingerprint density at radius 2 is 2.19 bits per heavy atom. The van der Waals surface area contributed by atoms with Gasteiger partial charge in [-0.2, -0.15) is 0 Å². The molecule has 0 radical (unpaired) electrons. The maximum absolute atomic E-state index is 4.55. The molecule has 0 aliphatic carbocycles. The van der Waals surface area contributed by atoms with E-state index in [1.165, 1.54) is 16.4 Å². The molecular weight excluding hydrogens is 194 g/mol. The molecule has 0 N–H and O–H groups in total. The molecule has 1 aliphatic heterocycles. The predicted octanol–water partition coefficient (Wildman–Crippen LogP) is 2.47. The first-order valence-electron chi connectivity index (χ1n) is 5.82. The van der Waals surface area contributed by atoms with E-state index in [0.29, 0.717) is 0 Å². The first-order chi connectivity index (χ1) is 7.85. The molecule has 1 aromatic rings. The molecule has 0 unspecified atom stereocenters. The molecule has 1 heteroatoms. The van der Waals surface area contributed by atoms with Crippen LogP contribution in [0.1, 0.15) is 25.8 Å². The Balaban J connectivity index is 2.49. The summed E-state index contributed by atoms with van der Waals surface area (Å²) in [5, 5.41) is 2.42. The molecule has 0 saturated carbocycles. The molecule has 1 heterocycles. The zero-order chi connectivity index (χ0) is 11.4. The van der Waals surface area contributed by atoms with E-state index >= 15 is 0 Å². The van der Waals surface area contributed by atoms with Gasteiger partial charge in [0.25, 0.3) is 0 Å². The van der Waals surface area contributed by atoms with E-state index in [2.05, 4.69) is 54.4 Å². The molecule has 0 fully saturated rings. The maximum Gasteiger partial charge on any atom is 0.0660 e. The van der Waals surface area contributed by atoms with Crippen molar-refractivity contribution in [3.8, 4) is 0 Å². The molecule has 0 saturated heterocycles. The second-order valence-electron chi connectivity index (χ2n) is 3.93. The van der Waals surface area contributed by atoms with E-state index in [0.717, 1.165) is 18.3 Å². The highest BCUT2D eigenvalue weighted by Crippen LogP contribution is 2.03. The van der Waals surface area contributed by atoms with Crippen LogP contribution in [0.5, 0.6) is 0 Å². The van der Waals surface area contributed by atoms with Crippen LogP contribution in [-0.2, 0) is 0 Å². The van der Waals surface area contributed by atoms with Crippen molar-refractivity contribution in [2.24, 2.45) is 4.99 Å². The largest absolute Gasteiger partial charge is 0.280 e. The minimum absolute atomic E-state index is 0.825. The summed E-state index contributed by atoms with van der Waals surface area (Å²) in [4.78, 5) is 4.55. The number of benzene rings is 1. The van der Waals surface area contributed by atoms with E-state index in [-0.39, 0.29) is 0 Å². The van der Waals surface area contributed by atoms with Crippen molar-refractivity contribution in [1.29, 1.82) is 0 Å². The highest BCUT2D eigenvalue weighted by Gasteiger charge is 2.03. The zero-order valence-electron chi connectivity index (χ0n) is 9.90. The summed E-state index contributed by atoms with van der Waals surface area (Å²) in [5.41, 5.74) is 2.56. The first kappa shape index (κ1) is 10.9. The smallest absolute Gasteiger partial charge is 0.0660 e. The van der Waals surface area contributed by atoms with Gasteiger partial charge in [0.15, 0.2) is 0 Å². The van der Waals surface area contributed by atoms with Gasteiger partial charge in [0.05, 0.1) is 11.9 Å². The van der Waals surface area contributed by atoms with Crippen molar-refractivity contribution in [3.05, 3.63) is 52.6 Å². The van der Waals surface area contributed by atoms with Crippen molar-refractivity contribution in [2.45, 2.75) is 20.3 Å². The van der Waals surface area contributed by atoms with Gasteiger partial charge in [-0.1, -0.05) is 43.4 Å². The molecule has 0 atom stereocenters. The Morgan fingerprint density at radius 3 is 2.94 bits per heavy atom. The lowest BCUT2D eigenvalue weighted by Crippen LogP contribution is -2.22. The number of rotatable bonds is 3. The van der Waals surface area contributed by atoms with Crippen LogP contribution in [0.3, 0.4) is 0 Å². The predicted molar refractivity (Wildman–Crippen MR) is 69.6 cm³/mol. The number of fused-ring (bicyclic) bond motifs is 1. The lowest BCUT2D eigenvalue weighted by molar-refractivity contribution is 1.20. The third kappa shape index (κ3) is 2.13. The standard InChI is InChI=1S/C15H17N/c1-3-5-7-13-11-16-15-10-12(6-4-2)8-9-14(13)15/h4-10H,3,11H2,1-2H3/b6-4-,7-5+. The van der Waals surface area contributed by atoms with Crippen LogP contribution in [0.2, 0.25) is 0 Å². The summed E-state index contributed by atoms with van der Waals surface area (Å²) >= 11 is 0. The lowest BCUT2D eigenvalue weighted by Gasteiger charge is -1.93. The number of allylic oxidation sites excluding steroid dienone is 2. The third-order valence-corrected chi connectivity index (χ3v) is 2.70. The summed E-state index contributed by atoms with van der Waals surface area (Å²) in [6, 6.07) is 6.48. The highest BCUT2D eigenvalue weighted by atomic mass is 14.7. The lowest BCUT2D eigenvalue weighted by atomic mass is 10.1. The summed E-state index contributed by atoms with van der Waals surface area (Å²) in [6.07, 6.45) is 9.63. The van der Waals surface area contributed by atoms with Crippen molar-refractivity contribution in [3.63, 3.8) is 0 Å². The Bertz CT molecular complexity index is 547. The molecule has 0 bridgehead atoms. The van der Waals surface area contributed by atoms with Crippen molar-refractivity contribution in [1.82, 2.24) is 0 Å². The van der Waals surface area contributed by atoms with Crippen LogP contribution < -0.4 is 10.6 Å². The van der Waals surface area contributed by atoms with E-state index in [9.17, 15) is 0 Å². The highest BCUT2D eigenvalue weighted by molar-refractivity contribution is 5.61. The van der Waals surface area contributed by atoms with Crippen molar-refractivity contribution < 1.29 is 0 Å². The number of nitrogens with zero attached hydrogens (tertiary/aromatic N) is 1. The Labute approximate surface area is 96.5 Å². The fourth-order valence-corrected chi connectivity index (χ4v) is 1.91. The van der Waals surface area contributed by atoms with Gasteiger partial charge in [0.2, 0.25) is 0 Å². The molecule has 0 amide bonds. The van der Waals surface area contributed by atoms with Crippen LogP contribution in [0.4, 0.5) is 0 Å². The van der Waals surface area contributed by atoms with Crippen molar-refractivity contribution in [2.75, 3.05) is 6.54 Å². The minimum atomic E-state index is 0.825. The average Bonchev–Trinajstić information content (AvgIpc) is 2.69. The normalized spacial score (nSPS) is 14.8. The van der Waals surface area contributed by atoms with Crippen molar-refractivity contribution >= 4 is 11.6 Å². The summed E-state index contributed by atoms with van der Waals surface area (Å²) in [5.74, 6) is 0. The van der Waals surface area contributed by atoms with E-state index in [1.54, 1.807) is 0 Å². The molecule has 2 rings (SSSR count). The summed E-state index contributed by atoms with van der Waals surface area (Å²) in [7, 11) is 0.